The van der Waals surface area contributed by atoms with E-state index in [2.05, 4.69) is 17.4 Å². The van der Waals surface area contributed by atoms with Crippen molar-refractivity contribution in [3.8, 4) is 0 Å². The van der Waals surface area contributed by atoms with Gasteiger partial charge in [0.15, 0.2) is 0 Å². The first kappa shape index (κ1) is 18.5. The van der Waals surface area contributed by atoms with Crippen LogP contribution in [0, 0.1) is 0 Å². The third kappa shape index (κ3) is 4.02. The zero-order chi connectivity index (χ0) is 19.2. The molecule has 4 rings (SSSR count). The van der Waals surface area contributed by atoms with Crippen LogP contribution in [-0.2, 0) is 28.2 Å². The van der Waals surface area contributed by atoms with E-state index >= 15 is 0 Å². The molecule has 0 unspecified atom stereocenters. The monoisotopic (exact) mass is 375 g/mol. The molecule has 0 aliphatic heterocycles. The summed E-state index contributed by atoms with van der Waals surface area (Å²) in [6.45, 7) is 0.898. The molecule has 1 fully saturated rings. The van der Waals surface area contributed by atoms with Gasteiger partial charge < -0.3 is 14.5 Å². The molecule has 144 valence electrons. The summed E-state index contributed by atoms with van der Waals surface area (Å²) in [4.78, 5) is 13.3. The van der Waals surface area contributed by atoms with Gasteiger partial charge in [-0.15, -0.1) is 0 Å². The van der Waals surface area contributed by atoms with Crippen molar-refractivity contribution in [1.82, 2.24) is 0 Å². The molecule has 2 aromatic carbocycles. The number of hydrogen-bond acceptors (Lipinski definition) is 3. The minimum atomic E-state index is -0.424. The van der Waals surface area contributed by atoms with Crippen LogP contribution in [0.4, 0.5) is 5.69 Å². The summed E-state index contributed by atoms with van der Waals surface area (Å²) in [5.74, 6) is 0.889. The van der Waals surface area contributed by atoms with Crippen LogP contribution in [0.1, 0.15) is 42.6 Å². The van der Waals surface area contributed by atoms with Crippen molar-refractivity contribution in [2.24, 2.45) is 0 Å². The molecule has 0 spiro atoms. The van der Waals surface area contributed by atoms with Crippen LogP contribution in [0.5, 0.6) is 0 Å². The molecule has 28 heavy (non-hydrogen) atoms. The van der Waals surface area contributed by atoms with Crippen molar-refractivity contribution in [1.29, 1.82) is 0 Å². The number of amides is 1. The first-order valence-electron chi connectivity index (χ1n) is 9.82. The van der Waals surface area contributed by atoms with Gasteiger partial charge in [-0.1, -0.05) is 55.3 Å². The maximum Gasteiger partial charge on any atom is 0.235 e. The molecule has 1 aromatic heterocycles. The van der Waals surface area contributed by atoms with Crippen LogP contribution in [0.15, 0.2) is 77.4 Å². The number of hydrogen-bond donors (Lipinski definition) is 1. The standard InChI is InChI=1S/C24H25NO3/c26-23(24(13-4-5-14-24)20-9-2-1-3-10-20)25-21-11-6-8-19(16-21)17-27-18-22-12-7-15-28-22/h1-3,6-12,15-16H,4-5,13-14,17-18H2,(H,25,26). The Hall–Kier alpha value is -2.85. The van der Waals surface area contributed by atoms with Crippen LogP contribution < -0.4 is 5.32 Å². The predicted molar refractivity (Wildman–Crippen MR) is 109 cm³/mol. The van der Waals surface area contributed by atoms with Gasteiger partial charge >= 0.3 is 0 Å². The molecule has 1 heterocycles. The maximum atomic E-state index is 13.3. The third-order valence-electron chi connectivity index (χ3n) is 5.50. The molecular weight excluding hydrogens is 350 g/mol. The lowest BCUT2D eigenvalue weighted by molar-refractivity contribution is -0.121. The number of ether oxygens (including phenoxy) is 1. The summed E-state index contributed by atoms with van der Waals surface area (Å²) in [6.07, 6.45) is 5.61. The van der Waals surface area contributed by atoms with Gasteiger partial charge in [-0.2, -0.15) is 0 Å². The first-order chi connectivity index (χ1) is 13.8. The second-order valence-electron chi connectivity index (χ2n) is 7.38. The average molecular weight is 375 g/mol. The zero-order valence-electron chi connectivity index (χ0n) is 15.9. The molecule has 0 saturated heterocycles. The molecule has 1 saturated carbocycles. The highest BCUT2D eigenvalue weighted by molar-refractivity contribution is 5.99. The third-order valence-corrected chi connectivity index (χ3v) is 5.50. The van der Waals surface area contributed by atoms with Gasteiger partial charge in [0.1, 0.15) is 12.4 Å². The van der Waals surface area contributed by atoms with Gasteiger partial charge in [-0.05, 0) is 48.2 Å². The van der Waals surface area contributed by atoms with E-state index in [1.807, 2.05) is 54.6 Å². The molecule has 1 N–H and O–H groups in total. The number of nitrogens with one attached hydrogen (secondary N) is 1. The fourth-order valence-corrected chi connectivity index (χ4v) is 4.04. The Kier molecular flexibility index (Phi) is 5.58. The van der Waals surface area contributed by atoms with Crippen LogP contribution in [0.2, 0.25) is 0 Å². The molecule has 4 heteroatoms. The summed E-state index contributed by atoms with van der Waals surface area (Å²) < 4.78 is 11.0. The molecule has 1 aliphatic rings. The normalized spacial score (nSPS) is 15.4. The quantitative estimate of drug-likeness (QED) is 0.598. The molecule has 1 amide bonds. The van der Waals surface area contributed by atoms with E-state index in [-0.39, 0.29) is 5.91 Å². The molecule has 0 atom stereocenters. The van der Waals surface area contributed by atoms with E-state index in [0.29, 0.717) is 13.2 Å². The highest BCUT2D eigenvalue weighted by atomic mass is 16.5. The van der Waals surface area contributed by atoms with E-state index in [4.69, 9.17) is 9.15 Å². The Morgan fingerprint density at radius 2 is 1.79 bits per heavy atom. The zero-order valence-corrected chi connectivity index (χ0v) is 15.9. The lowest BCUT2D eigenvalue weighted by atomic mass is 9.78. The lowest BCUT2D eigenvalue weighted by Gasteiger charge is -2.28. The van der Waals surface area contributed by atoms with Crippen LogP contribution in [0.25, 0.3) is 0 Å². The predicted octanol–water partition coefficient (Wildman–Crippen LogP) is 5.45. The van der Waals surface area contributed by atoms with E-state index in [9.17, 15) is 4.79 Å². The molecule has 1 aliphatic carbocycles. The van der Waals surface area contributed by atoms with Gasteiger partial charge in [-0.25, -0.2) is 0 Å². The van der Waals surface area contributed by atoms with Crippen LogP contribution >= 0.6 is 0 Å². The first-order valence-corrected chi connectivity index (χ1v) is 9.82. The molecule has 4 nitrogen and oxygen atoms in total. The van der Waals surface area contributed by atoms with Crippen LogP contribution in [0.3, 0.4) is 0 Å². The summed E-state index contributed by atoms with van der Waals surface area (Å²) in [5, 5.41) is 3.15. The summed E-state index contributed by atoms with van der Waals surface area (Å²) in [5.41, 5.74) is 2.52. The Labute approximate surface area is 165 Å². The number of rotatable bonds is 7. The van der Waals surface area contributed by atoms with Gasteiger partial charge in [0.05, 0.1) is 18.3 Å². The topological polar surface area (TPSA) is 51.5 Å². The fourth-order valence-electron chi connectivity index (χ4n) is 4.04. The van der Waals surface area contributed by atoms with Crippen molar-refractivity contribution in [2.75, 3.05) is 5.32 Å². The van der Waals surface area contributed by atoms with E-state index in [0.717, 1.165) is 48.3 Å². The van der Waals surface area contributed by atoms with Gasteiger partial charge in [-0.3, -0.25) is 4.79 Å². The highest BCUT2D eigenvalue weighted by Crippen LogP contribution is 2.42. The number of carbonyl (C=O) groups excluding carboxylic acids is 1. The van der Waals surface area contributed by atoms with Crippen molar-refractivity contribution < 1.29 is 13.9 Å². The second-order valence-corrected chi connectivity index (χ2v) is 7.38. The van der Waals surface area contributed by atoms with Crippen molar-refractivity contribution in [3.05, 3.63) is 89.9 Å². The van der Waals surface area contributed by atoms with Crippen molar-refractivity contribution in [2.45, 2.75) is 44.3 Å². The van der Waals surface area contributed by atoms with Gasteiger partial charge in [0.25, 0.3) is 0 Å². The van der Waals surface area contributed by atoms with Crippen molar-refractivity contribution >= 4 is 11.6 Å². The van der Waals surface area contributed by atoms with E-state index in [1.54, 1.807) is 6.26 Å². The van der Waals surface area contributed by atoms with E-state index < -0.39 is 5.41 Å². The van der Waals surface area contributed by atoms with Gasteiger partial charge in [0, 0.05) is 5.69 Å². The molecule has 0 bridgehead atoms. The summed E-state index contributed by atoms with van der Waals surface area (Å²) in [6, 6.07) is 21.8. The Morgan fingerprint density at radius 3 is 2.54 bits per heavy atom. The largest absolute Gasteiger partial charge is 0.467 e. The number of benzene rings is 2. The SMILES string of the molecule is O=C(Nc1cccc(COCc2ccco2)c1)C1(c2ccccc2)CCCC1. The molecular formula is C24H25NO3. The van der Waals surface area contributed by atoms with Crippen molar-refractivity contribution in [3.63, 3.8) is 0 Å². The lowest BCUT2D eigenvalue weighted by Crippen LogP contribution is -2.37. The minimum Gasteiger partial charge on any atom is -0.467 e. The molecule has 3 aromatic rings. The number of carbonyl (C=O) groups is 1. The molecule has 0 radical (unpaired) electrons. The fraction of sp³-hybridized carbons (Fsp3) is 0.292. The van der Waals surface area contributed by atoms with E-state index in [1.165, 1.54) is 0 Å². The Bertz CT molecular complexity index is 897. The Morgan fingerprint density at radius 1 is 0.964 bits per heavy atom. The summed E-state index contributed by atoms with van der Waals surface area (Å²) >= 11 is 0. The number of anilines is 1. The second kappa shape index (κ2) is 8.44. The minimum absolute atomic E-state index is 0.0878. The summed E-state index contributed by atoms with van der Waals surface area (Å²) in [7, 11) is 0. The van der Waals surface area contributed by atoms with Crippen LogP contribution in [-0.4, -0.2) is 5.91 Å². The number of furan rings is 1. The Balaban J connectivity index is 1.43. The smallest absolute Gasteiger partial charge is 0.235 e. The highest BCUT2D eigenvalue weighted by Gasteiger charge is 2.42. The van der Waals surface area contributed by atoms with Gasteiger partial charge in [0.2, 0.25) is 5.91 Å². The maximum absolute atomic E-state index is 13.3. The average Bonchev–Trinajstić information content (AvgIpc) is 3.42.